The van der Waals surface area contributed by atoms with Gasteiger partial charge < -0.3 is 10.0 Å². The number of halogens is 3. The average molecular weight is 623 g/mol. The van der Waals surface area contributed by atoms with Gasteiger partial charge in [-0.1, -0.05) is 47.6 Å². The Hall–Kier alpha value is -5.64. The van der Waals surface area contributed by atoms with Gasteiger partial charge in [0.25, 0.3) is 0 Å². The van der Waals surface area contributed by atoms with Crippen LogP contribution in [0.3, 0.4) is 0 Å². The molecule has 0 unspecified atom stereocenters. The molecule has 4 aromatic carbocycles. The Bertz CT molecular complexity index is 2220. The molecule has 222 valence electrons. The van der Waals surface area contributed by atoms with Crippen molar-refractivity contribution in [3.63, 3.8) is 0 Å². The molecule has 0 spiro atoms. The normalized spacial score (nSPS) is 11.8. The van der Waals surface area contributed by atoms with E-state index in [4.69, 9.17) is 5.53 Å². The zero-order valence-electron chi connectivity index (χ0n) is 23.9. The number of carboxylic acids is 1. The first-order valence-electron chi connectivity index (χ1n) is 13.6. The first kappa shape index (κ1) is 29.4. The zero-order valence-corrected chi connectivity index (χ0v) is 24.7. The summed E-state index contributed by atoms with van der Waals surface area (Å²) in [6, 6.07) is 29.9. The van der Waals surface area contributed by atoms with E-state index in [1.54, 1.807) is 24.3 Å². The highest BCUT2D eigenvalue weighted by atomic mass is 32.1. The third kappa shape index (κ3) is 5.14. The van der Waals surface area contributed by atoms with E-state index in [-0.39, 0.29) is 5.56 Å². The van der Waals surface area contributed by atoms with Crippen molar-refractivity contribution in [2.45, 2.75) is 0 Å². The molecule has 0 atom stereocenters. The van der Waals surface area contributed by atoms with Crippen LogP contribution in [0.4, 0.5) is 35.9 Å². The molecule has 0 aromatic heterocycles. The Balaban J connectivity index is 1.75. The summed E-state index contributed by atoms with van der Waals surface area (Å²) in [6.07, 6.45) is 0. The fourth-order valence-corrected chi connectivity index (χ4v) is 6.53. The van der Waals surface area contributed by atoms with Crippen molar-refractivity contribution < 1.29 is 23.1 Å². The van der Waals surface area contributed by atoms with E-state index in [1.807, 2.05) is 96.4 Å². The summed E-state index contributed by atoms with van der Waals surface area (Å²) in [4.78, 5) is 17.4. The molecule has 1 aliphatic heterocycles. The summed E-state index contributed by atoms with van der Waals surface area (Å²) >= 11 is 1.38. The second-order valence-corrected chi connectivity index (χ2v) is 11.2. The summed E-state index contributed by atoms with van der Waals surface area (Å²) in [5, 5.41) is 14.2. The van der Waals surface area contributed by atoms with Gasteiger partial charge >= 0.3 is 5.97 Å². The number of aromatic carboxylic acids is 1. The van der Waals surface area contributed by atoms with E-state index in [1.165, 1.54) is 11.3 Å². The van der Waals surface area contributed by atoms with Crippen molar-refractivity contribution in [2.24, 2.45) is 5.11 Å². The zero-order chi connectivity index (χ0) is 31.8. The van der Waals surface area contributed by atoms with E-state index in [0.717, 1.165) is 22.4 Å². The molecule has 4 aromatic rings. The third-order valence-electron chi connectivity index (χ3n) is 7.66. The highest BCUT2D eigenvalue weighted by molar-refractivity contribution is 7.21. The average Bonchev–Trinajstić information content (AvgIpc) is 3.06. The molecule has 1 aliphatic carbocycles. The number of para-hydroxylation sites is 2. The Morgan fingerprint density at radius 1 is 0.867 bits per heavy atom. The molecule has 1 heterocycles. The van der Waals surface area contributed by atoms with E-state index in [2.05, 4.69) is 10.0 Å². The van der Waals surface area contributed by atoms with Crippen LogP contribution in [0.5, 0.6) is 0 Å². The van der Waals surface area contributed by atoms with Crippen LogP contribution in [-0.2, 0) is 0 Å². The van der Waals surface area contributed by atoms with Crippen LogP contribution in [-0.4, -0.2) is 25.2 Å². The third-order valence-corrected chi connectivity index (χ3v) is 8.77. The SMILES string of the molecule is CN(c1ccccc1)c1ccc2c(-c3c(F)c(N=[N+]=[N-])c(F)c(F)c3C(=O)O)c3ccc(=[N+](C)c4ccccc4)cc-3sc2c1. The maximum Gasteiger partial charge on any atom is 0.339 e. The highest BCUT2D eigenvalue weighted by Crippen LogP contribution is 2.48. The number of anilines is 2. The topological polar surface area (TPSA) is 92.3 Å². The summed E-state index contributed by atoms with van der Waals surface area (Å²) in [7, 11) is 3.78. The molecular formula is C34H23F3N5O2S+. The lowest BCUT2D eigenvalue weighted by molar-refractivity contribution is 0.0691. The molecule has 7 nitrogen and oxygen atoms in total. The number of fused-ring (bicyclic) bond motifs is 2. The van der Waals surface area contributed by atoms with Crippen molar-refractivity contribution in [3.05, 3.63) is 136 Å². The minimum absolute atomic E-state index is 0.0322. The van der Waals surface area contributed by atoms with Crippen molar-refractivity contribution in [2.75, 3.05) is 19.0 Å². The van der Waals surface area contributed by atoms with Crippen LogP contribution in [0.2, 0.25) is 0 Å². The van der Waals surface area contributed by atoms with Crippen molar-refractivity contribution in [3.8, 4) is 21.6 Å². The van der Waals surface area contributed by atoms with Gasteiger partial charge in [0.05, 0.1) is 0 Å². The minimum atomic E-state index is -1.88. The maximum atomic E-state index is 16.2. The predicted octanol–water partition coefficient (Wildman–Crippen LogP) is 9.23. The summed E-state index contributed by atoms with van der Waals surface area (Å²) < 4.78 is 49.0. The van der Waals surface area contributed by atoms with Gasteiger partial charge in [-0.05, 0) is 35.9 Å². The molecule has 0 fully saturated rings. The lowest BCUT2D eigenvalue weighted by atomic mass is 9.90. The monoisotopic (exact) mass is 622 g/mol. The number of nitrogens with zero attached hydrogens (tertiary/aromatic N) is 5. The van der Waals surface area contributed by atoms with E-state index in [0.29, 0.717) is 20.5 Å². The van der Waals surface area contributed by atoms with Gasteiger partial charge in [0, 0.05) is 79.3 Å². The number of azide groups is 1. The molecule has 1 N–H and O–H groups in total. The van der Waals surface area contributed by atoms with Crippen LogP contribution in [0.15, 0.2) is 102 Å². The predicted molar refractivity (Wildman–Crippen MR) is 171 cm³/mol. The number of carbonyl (C=O) groups is 1. The van der Waals surface area contributed by atoms with E-state index < -0.39 is 40.2 Å². The van der Waals surface area contributed by atoms with E-state index in [9.17, 15) is 14.3 Å². The van der Waals surface area contributed by atoms with Crippen molar-refractivity contribution in [1.29, 1.82) is 0 Å². The largest absolute Gasteiger partial charge is 0.478 e. The Morgan fingerprint density at radius 3 is 2.22 bits per heavy atom. The van der Waals surface area contributed by atoms with Gasteiger partial charge in [0.15, 0.2) is 11.6 Å². The van der Waals surface area contributed by atoms with Crippen LogP contribution in [0, 0.1) is 17.5 Å². The Kier molecular flexibility index (Phi) is 7.72. The van der Waals surface area contributed by atoms with E-state index >= 15 is 8.78 Å². The van der Waals surface area contributed by atoms with Gasteiger partial charge in [-0.2, -0.15) is 4.58 Å². The highest BCUT2D eigenvalue weighted by Gasteiger charge is 2.32. The summed E-state index contributed by atoms with van der Waals surface area (Å²) in [5.41, 5.74) is 8.86. The smallest absolute Gasteiger partial charge is 0.339 e. The first-order chi connectivity index (χ1) is 21.7. The molecule has 0 bridgehead atoms. The number of hydrogen-bond donors (Lipinski definition) is 1. The number of carboxylic acid groups (broad SMARTS) is 1. The van der Waals surface area contributed by atoms with Gasteiger partial charge in [-0.15, -0.1) is 11.3 Å². The van der Waals surface area contributed by atoms with Gasteiger partial charge in [0.2, 0.25) is 11.0 Å². The first-order valence-corrected chi connectivity index (χ1v) is 14.4. The van der Waals surface area contributed by atoms with Crippen LogP contribution < -0.4 is 14.8 Å². The molecule has 0 saturated heterocycles. The molecule has 0 saturated carbocycles. The molecule has 6 rings (SSSR count). The van der Waals surface area contributed by atoms with Crippen LogP contribution >= 0.6 is 11.3 Å². The quantitative estimate of drug-likeness (QED) is 0.0501. The summed E-state index contributed by atoms with van der Waals surface area (Å²) in [5.74, 6) is -7.05. The number of rotatable bonds is 6. The van der Waals surface area contributed by atoms with Crippen LogP contribution in [0.25, 0.3) is 42.1 Å². The molecular weight excluding hydrogens is 599 g/mol. The minimum Gasteiger partial charge on any atom is -0.478 e. The Labute approximate surface area is 259 Å². The van der Waals surface area contributed by atoms with Crippen molar-refractivity contribution in [1.82, 2.24) is 4.58 Å². The Morgan fingerprint density at radius 2 is 1.56 bits per heavy atom. The summed E-state index contributed by atoms with van der Waals surface area (Å²) in [6.45, 7) is 0. The molecule has 0 radical (unpaired) electrons. The molecule has 2 aliphatic rings. The van der Waals surface area contributed by atoms with Gasteiger partial charge in [-0.25, -0.2) is 18.0 Å². The lowest BCUT2D eigenvalue weighted by Gasteiger charge is -2.22. The van der Waals surface area contributed by atoms with Gasteiger partial charge in [0.1, 0.15) is 24.1 Å². The fourth-order valence-electron chi connectivity index (χ4n) is 5.37. The second-order valence-electron chi connectivity index (χ2n) is 10.2. The lowest BCUT2D eigenvalue weighted by Crippen LogP contribution is -2.21. The standard InChI is InChI=1S/C34H22F3N5O2S/c1-41(19-9-5-3-6-10-19)21-13-15-23-25(17-21)45-26-18-22(42(2)20-11-7-4-8-12-20)14-16-24(26)27(23)28-29(34(43)44)30(35)32(37)33(31(28)36)39-40-38/h3-18H,1-2H3/p+1. The number of hydrogen-bond acceptors (Lipinski definition) is 4. The molecule has 11 heteroatoms. The fraction of sp³-hybridized carbons (Fsp3) is 0.0588. The maximum absolute atomic E-state index is 16.2. The number of benzene rings is 5. The van der Waals surface area contributed by atoms with Crippen molar-refractivity contribution >= 4 is 50.1 Å². The molecule has 45 heavy (non-hydrogen) atoms. The molecule has 0 amide bonds. The van der Waals surface area contributed by atoms with Crippen LogP contribution in [0.1, 0.15) is 10.4 Å². The second kappa shape index (κ2) is 11.8. The van der Waals surface area contributed by atoms with Gasteiger partial charge in [-0.3, -0.25) is 0 Å².